The Balaban J connectivity index is 1.46. The van der Waals surface area contributed by atoms with Crippen molar-refractivity contribution in [2.24, 2.45) is 5.41 Å². The van der Waals surface area contributed by atoms with Gasteiger partial charge in [0.15, 0.2) is 0 Å². The van der Waals surface area contributed by atoms with Gasteiger partial charge in [-0.15, -0.1) is 0 Å². The van der Waals surface area contributed by atoms with E-state index in [4.69, 9.17) is 28.3 Å². The first-order valence-corrected chi connectivity index (χ1v) is 27.2. The number of benzene rings is 2. The summed E-state index contributed by atoms with van der Waals surface area (Å²) in [5, 5.41) is 0. The van der Waals surface area contributed by atoms with Gasteiger partial charge in [-0.1, -0.05) is 83.5 Å². The second kappa shape index (κ2) is 17.9. The van der Waals surface area contributed by atoms with E-state index in [1.807, 2.05) is 30.3 Å². The largest absolute Gasteiger partial charge is 0.494 e. The number of rotatable bonds is 19. The minimum atomic E-state index is -3.89. The van der Waals surface area contributed by atoms with Crippen LogP contribution < -0.4 is 10.2 Å². The van der Waals surface area contributed by atoms with Crippen LogP contribution in [0.2, 0.25) is 51.4 Å². The fraction of sp³-hybridized carbons (Fsp3) is 0.649. The number of nitrogens with zero attached hydrogens (tertiary/aromatic N) is 1. The summed E-state index contributed by atoms with van der Waals surface area (Å²) in [5.41, 5.74) is 4.11. The number of carbonyl (C=O) groups is 1. The average Bonchev–Trinajstić information content (AvgIpc) is 3.45. The zero-order chi connectivity index (χ0) is 37.5. The molecule has 1 saturated heterocycles. The number of hydrogen-bond acceptors (Lipinski definition) is 9. The van der Waals surface area contributed by atoms with Crippen molar-refractivity contribution >= 4 is 44.7 Å². The molecule has 2 aromatic carbocycles. The molecule has 2 aliphatic rings. The summed E-state index contributed by atoms with van der Waals surface area (Å²) in [5.74, 6) is -0.745. The normalized spacial score (nSPS) is 18.5. The van der Waals surface area contributed by atoms with Crippen molar-refractivity contribution in [2.75, 3.05) is 52.8 Å². The van der Waals surface area contributed by atoms with Gasteiger partial charge in [0.05, 0.1) is 19.3 Å². The van der Waals surface area contributed by atoms with Crippen LogP contribution in [0, 0.1) is 5.41 Å². The predicted molar refractivity (Wildman–Crippen MR) is 209 cm³/mol. The van der Waals surface area contributed by atoms with Gasteiger partial charge in [0, 0.05) is 53.9 Å². The molecule has 0 spiro atoms. The van der Waals surface area contributed by atoms with Gasteiger partial charge in [0.1, 0.15) is 25.3 Å². The highest BCUT2D eigenvalue weighted by Gasteiger charge is 2.37. The Kier molecular flexibility index (Phi) is 14.6. The Morgan fingerprint density at radius 3 is 2.08 bits per heavy atom. The molecular weight excluding hydrogens is 701 g/mol. The first-order valence-electron chi connectivity index (χ1n) is 18.2. The number of fused-ring (bicyclic) bond motifs is 1. The molecule has 0 radical (unpaired) electrons. The highest BCUT2D eigenvalue weighted by molar-refractivity contribution is 7.89. The summed E-state index contributed by atoms with van der Waals surface area (Å²) >= 11 is 0. The molecule has 51 heavy (non-hydrogen) atoms. The first kappa shape index (κ1) is 41.7. The molecule has 0 amide bonds. The Labute approximate surface area is 309 Å². The third-order valence-corrected chi connectivity index (χ3v) is 14.5. The van der Waals surface area contributed by atoms with Crippen molar-refractivity contribution < 1.29 is 41.5 Å². The van der Waals surface area contributed by atoms with Gasteiger partial charge in [-0.2, -0.15) is 4.31 Å². The van der Waals surface area contributed by atoms with E-state index in [0.717, 1.165) is 36.0 Å². The Morgan fingerprint density at radius 1 is 0.941 bits per heavy atom. The molecule has 0 N–H and O–H groups in total. The van der Waals surface area contributed by atoms with Gasteiger partial charge in [-0.25, -0.2) is 8.42 Å². The van der Waals surface area contributed by atoms with E-state index < -0.39 is 38.1 Å². The van der Waals surface area contributed by atoms with Crippen LogP contribution in [0.15, 0.2) is 42.5 Å². The maximum atomic E-state index is 13.9. The molecule has 0 saturated carbocycles. The zero-order valence-corrected chi connectivity index (χ0v) is 35.1. The summed E-state index contributed by atoms with van der Waals surface area (Å²) in [6, 6.07) is 15.4. The van der Waals surface area contributed by atoms with Crippen molar-refractivity contribution in [3.8, 4) is 5.75 Å². The van der Waals surface area contributed by atoms with Crippen molar-refractivity contribution in [1.82, 2.24) is 4.31 Å². The minimum Gasteiger partial charge on any atom is -0.486 e. The van der Waals surface area contributed by atoms with E-state index in [1.54, 1.807) is 0 Å². The number of sulfonamides is 1. The number of carbonyl (C=O) groups excluding carboxylic acids is 1. The second-order valence-corrected chi connectivity index (χ2v) is 30.4. The quantitative estimate of drug-likeness (QED) is 0.0693. The Morgan fingerprint density at radius 2 is 1.53 bits per heavy atom. The monoisotopic (exact) mass is 761 g/mol. The highest BCUT2D eigenvalue weighted by Crippen LogP contribution is 2.36. The van der Waals surface area contributed by atoms with Gasteiger partial charge in [0.25, 0.3) is 0 Å². The lowest BCUT2D eigenvalue weighted by atomic mass is 9.72. The van der Waals surface area contributed by atoms with Gasteiger partial charge < -0.3 is 28.3 Å². The summed E-state index contributed by atoms with van der Waals surface area (Å²) < 4.78 is 64.6. The summed E-state index contributed by atoms with van der Waals surface area (Å²) in [6.07, 6.45) is 1.47. The van der Waals surface area contributed by atoms with E-state index in [-0.39, 0.29) is 44.3 Å². The van der Waals surface area contributed by atoms with Crippen LogP contribution in [0.5, 0.6) is 5.75 Å². The van der Waals surface area contributed by atoms with Crippen LogP contribution in [0.25, 0.3) is 0 Å². The molecule has 1 heterocycles. The Hall–Kier alpha value is -2.04. The molecule has 14 heteroatoms. The van der Waals surface area contributed by atoms with Gasteiger partial charge in [-0.3, -0.25) is 4.79 Å². The van der Waals surface area contributed by atoms with E-state index in [1.165, 1.54) is 17.0 Å². The van der Waals surface area contributed by atoms with E-state index in [9.17, 15) is 13.2 Å². The third kappa shape index (κ3) is 13.1. The van der Waals surface area contributed by atoms with Crippen LogP contribution >= 0.6 is 0 Å². The van der Waals surface area contributed by atoms with E-state index >= 15 is 0 Å². The zero-order valence-electron chi connectivity index (χ0n) is 32.3. The molecule has 1 unspecified atom stereocenters. The van der Waals surface area contributed by atoms with Crippen LogP contribution in [0.1, 0.15) is 55.4 Å². The molecule has 1 aliphatic heterocycles. The molecule has 4 rings (SSSR count). The van der Waals surface area contributed by atoms with E-state index in [2.05, 4.69) is 65.3 Å². The fourth-order valence-electron chi connectivity index (χ4n) is 6.05. The van der Waals surface area contributed by atoms with Crippen molar-refractivity contribution in [3.63, 3.8) is 0 Å². The molecule has 0 aromatic heterocycles. The summed E-state index contributed by atoms with van der Waals surface area (Å²) in [4.78, 5) is 12.5. The lowest BCUT2D eigenvalue weighted by Crippen LogP contribution is -2.48. The van der Waals surface area contributed by atoms with Gasteiger partial charge in [0.2, 0.25) is 10.0 Å². The molecular formula is C37H60BNO9SSi2. The van der Waals surface area contributed by atoms with Crippen LogP contribution in [-0.4, -0.2) is 94.7 Å². The van der Waals surface area contributed by atoms with Crippen LogP contribution in [0.4, 0.5) is 0 Å². The highest BCUT2D eigenvalue weighted by atomic mass is 32.2. The van der Waals surface area contributed by atoms with Crippen LogP contribution in [-0.2, 0) is 44.8 Å². The molecule has 2 aromatic rings. The second-order valence-electron chi connectivity index (χ2n) is 17.2. The molecule has 0 bridgehead atoms. The number of ether oxygens (including phenoxy) is 4. The first-order chi connectivity index (χ1) is 23.9. The van der Waals surface area contributed by atoms with Crippen LogP contribution in [0.3, 0.4) is 0 Å². The molecule has 1 aliphatic carbocycles. The summed E-state index contributed by atoms with van der Waals surface area (Å²) in [7, 11) is -5.67. The van der Waals surface area contributed by atoms with E-state index in [0.29, 0.717) is 37.7 Å². The van der Waals surface area contributed by atoms with Crippen molar-refractivity contribution in [1.29, 1.82) is 0 Å². The standard InChI is InChI=1S/C37H60BNO9SSi2/c1-37(2)25-46-38(47-26-37)34-12-10-11-33-32(34)17-18-35(33)48-31-15-13-29(14-16-31)30(23-36(40)43-3)24-49(41,42)39(27-44-19-21-50(4,5)6)28-45-20-22-51(7,8)9/h10-16,30,35H,17-28H2,1-9H3/t30?,35-/m1/s1. The molecule has 1 fully saturated rings. The number of hydrogen-bond donors (Lipinski definition) is 0. The summed E-state index contributed by atoms with van der Waals surface area (Å²) in [6.45, 7) is 19.8. The molecule has 2 atom stereocenters. The Bertz CT molecular complexity index is 1510. The third-order valence-electron chi connectivity index (χ3n) is 9.30. The fourth-order valence-corrected chi connectivity index (χ4v) is 9.06. The number of esters is 1. The maximum absolute atomic E-state index is 13.9. The lowest BCUT2D eigenvalue weighted by Gasteiger charge is -2.33. The number of methoxy groups -OCH3 is 1. The van der Waals surface area contributed by atoms with Gasteiger partial charge in [-0.05, 0) is 59.2 Å². The minimum absolute atomic E-state index is 0.00530. The van der Waals surface area contributed by atoms with Crippen molar-refractivity contribution in [3.05, 3.63) is 59.2 Å². The maximum Gasteiger partial charge on any atom is 0.494 e. The van der Waals surface area contributed by atoms with Crippen molar-refractivity contribution in [2.45, 2.75) is 96.5 Å². The lowest BCUT2D eigenvalue weighted by molar-refractivity contribution is -0.140. The predicted octanol–water partition coefficient (Wildman–Crippen LogP) is 6.42. The molecule has 10 nitrogen and oxygen atoms in total. The SMILES string of the molecule is COC(=O)CC(CS(=O)(=O)N(COCC[Si](C)(C)C)COCC[Si](C)(C)C)c1ccc(O[C@@H]2CCc3c(B4OCC(C)(C)CO4)cccc32)cc1. The average molecular weight is 762 g/mol. The van der Waals surface area contributed by atoms with Gasteiger partial charge >= 0.3 is 13.1 Å². The topological polar surface area (TPSA) is 110 Å². The molecule has 284 valence electrons. The smallest absolute Gasteiger partial charge is 0.486 e.